The van der Waals surface area contributed by atoms with E-state index in [-0.39, 0.29) is 30.5 Å². The van der Waals surface area contributed by atoms with Crippen LogP contribution in [0.1, 0.15) is 18.2 Å². The van der Waals surface area contributed by atoms with E-state index >= 15 is 0 Å². The molecular formula is C20H23FN2O5. The molecule has 2 aliphatic rings. The van der Waals surface area contributed by atoms with Gasteiger partial charge in [0, 0.05) is 25.6 Å². The fourth-order valence-electron chi connectivity index (χ4n) is 4.25. The Morgan fingerprint density at radius 2 is 2.07 bits per heavy atom. The quantitative estimate of drug-likeness (QED) is 0.599. The number of aliphatic hydroxyl groups is 3. The number of β-amino-alcohol motifs (C(OH)–C–C–N with tert-alkyl or cyclic N) is 2. The largest absolute Gasteiger partial charge is 0.506 e. The molecule has 150 valence electrons. The zero-order valence-corrected chi connectivity index (χ0v) is 15.1. The topological polar surface area (TPSA) is 106 Å². The second kappa shape index (κ2) is 7.29. The van der Waals surface area contributed by atoms with Crippen molar-refractivity contribution in [2.24, 2.45) is 5.92 Å². The standard InChI is InChI=1S/C20H23FN2O5/c21-14-3-1-2-4-17(14)28-18-7-12-9-23(11-20(12,27)19(18)26)10-16(25)15-6-5-13(24)8-22-15/h1-6,8,12,16,18-19,24-27H,7,9-11H2/t12-,16?,18+,19+,20-/m0/s1. The van der Waals surface area contributed by atoms with Crippen LogP contribution in [0.5, 0.6) is 11.5 Å². The van der Waals surface area contributed by atoms with Crippen LogP contribution in [0.15, 0.2) is 42.6 Å². The minimum atomic E-state index is -1.38. The van der Waals surface area contributed by atoms with Crippen molar-refractivity contribution >= 4 is 0 Å². The monoisotopic (exact) mass is 390 g/mol. The highest BCUT2D eigenvalue weighted by atomic mass is 19.1. The van der Waals surface area contributed by atoms with E-state index in [9.17, 15) is 24.8 Å². The first kappa shape index (κ1) is 19.1. The number of rotatable bonds is 5. The Balaban J connectivity index is 1.39. The number of benzene rings is 1. The third kappa shape index (κ3) is 3.44. The number of para-hydroxylation sites is 1. The molecule has 0 spiro atoms. The van der Waals surface area contributed by atoms with E-state index in [1.807, 2.05) is 4.90 Å². The van der Waals surface area contributed by atoms with Crippen molar-refractivity contribution in [3.63, 3.8) is 0 Å². The van der Waals surface area contributed by atoms with Gasteiger partial charge in [-0.1, -0.05) is 12.1 Å². The first-order valence-electron chi connectivity index (χ1n) is 9.24. The summed E-state index contributed by atoms with van der Waals surface area (Å²) in [6.45, 7) is 0.882. The normalized spacial score (nSPS) is 30.9. The molecule has 1 saturated carbocycles. The molecule has 8 heteroatoms. The maximum Gasteiger partial charge on any atom is 0.165 e. The van der Waals surface area contributed by atoms with Crippen LogP contribution >= 0.6 is 0 Å². The number of fused-ring (bicyclic) bond motifs is 1. The van der Waals surface area contributed by atoms with Gasteiger partial charge in [0.2, 0.25) is 0 Å². The van der Waals surface area contributed by atoms with Gasteiger partial charge in [0.15, 0.2) is 11.6 Å². The van der Waals surface area contributed by atoms with Gasteiger partial charge in [-0.15, -0.1) is 0 Å². The van der Waals surface area contributed by atoms with Crippen molar-refractivity contribution in [2.75, 3.05) is 19.6 Å². The molecule has 2 heterocycles. The van der Waals surface area contributed by atoms with Gasteiger partial charge in [-0.3, -0.25) is 9.88 Å². The first-order valence-corrected chi connectivity index (χ1v) is 9.24. The van der Waals surface area contributed by atoms with E-state index in [4.69, 9.17) is 4.74 Å². The summed E-state index contributed by atoms with van der Waals surface area (Å²) in [7, 11) is 0. The zero-order valence-electron chi connectivity index (χ0n) is 15.1. The predicted molar refractivity (Wildman–Crippen MR) is 97.2 cm³/mol. The molecule has 2 fully saturated rings. The van der Waals surface area contributed by atoms with Gasteiger partial charge >= 0.3 is 0 Å². The van der Waals surface area contributed by atoms with Crippen LogP contribution in [0.25, 0.3) is 0 Å². The number of aromatic nitrogens is 1. The molecule has 1 unspecified atom stereocenters. The summed E-state index contributed by atoms with van der Waals surface area (Å²) in [6, 6.07) is 8.97. The summed E-state index contributed by atoms with van der Waals surface area (Å²) in [4.78, 5) is 5.87. The lowest BCUT2D eigenvalue weighted by atomic mass is 9.93. The first-order chi connectivity index (χ1) is 13.4. The molecule has 4 N–H and O–H groups in total. The van der Waals surface area contributed by atoms with E-state index in [2.05, 4.69) is 4.98 Å². The predicted octanol–water partition coefficient (Wildman–Crippen LogP) is 0.835. The molecule has 1 aliphatic carbocycles. The number of halogens is 1. The third-order valence-electron chi connectivity index (χ3n) is 5.70. The molecule has 0 bridgehead atoms. The average Bonchev–Trinajstić information content (AvgIpc) is 3.09. The molecule has 5 atom stereocenters. The molecule has 28 heavy (non-hydrogen) atoms. The van der Waals surface area contributed by atoms with Crippen molar-refractivity contribution < 1.29 is 29.6 Å². The van der Waals surface area contributed by atoms with E-state index in [1.165, 1.54) is 24.4 Å². The number of nitrogens with zero attached hydrogens (tertiary/aromatic N) is 2. The fraction of sp³-hybridized carbons (Fsp3) is 0.450. The number of hydrogen-bond acceptors (Lipinski definition) is 7. The summed E-state index contributed by atoms with van der Waals surface area (Å²) < 4.78 is 19.5. The van der Waals surface area contributed by atoms with Gasteiger partial charge in [-0.2, -0.15) is 0 Å². The van der Waals surface area contributed by atoms with Gasteiger partial charge in [-0.25, -0.2) is 4.39 Å². The van der Waals surface area contributed by atoms with Crippen LogP contribution in [-0.2, 0) is 0 Å². The molecule has 4 rings (SSSR count). The van der Waals surface area contributed by atoms with E-state index in [1.54, 1.807) is 18.2 Å². The number of likely N-dealkylation sites (tertiary alicyclic amines) is 1. The summed E-state index contributed by atoms with van der Waals surface area (Å²) in [6.07, 6.45) is -1.09. The highest BCUT2D eigenvalue weighted by Gasteiger charge is 2.59. The molecule has 1 aromatic carbocycles. The second-order valence-electron chi connectivity index (χ2n) is 7.61. The Bertz CT molecular complexity index is 836. The van der Waals surface area contributed by atoms with Gasteiger partial charge in [0.1, 0.15) is 29.7 Å². The Hall–Kier alpha value is -2.26. The van der Waals surface area contributed by atoms with Gasteiger partial charge < -0.3 is 25.2 Å². The SMILES string of the molecule is Oc1ccc(C(O)CN2C[C@@H]3C[C@@H](Oc4ccccc4F)[C@@H](O)[C@]3(O)C2)nc1. The van der Waals surface area contributed by atoms with Crippen molar-refractivity contribution in [2.45, 2.75) is 30.3 Å². The highest BCUT2D eigenvalue weighted by molar-refractivity contribution is 5.25. The Labute approximate surface area is 161 Å². The molecule has 1 saturated heterocycles. The second-order valence-corrected chi connectivity index (χ2v) is 7.61. The molecule has 0 amide bonds. The van der Waals surface area contributed by atoms with Crippen molar-refractivity contribution in [3.05, 3.63) is 54.1 Å². The van der Waals surface area contributed by atoms with Gasteiger partial charge in [0.05, 0.1) is 11.9 Å². The molecule has 1 aromatic heterocycles. The lowest BCUT2D eigenvalue weighted by molar-refractivity contribution is -0.0879. The Morgan fingerprint density at radius 1 is 1.29 bits per heavy atom. The lowest BCUT2D eigenvalue weighted by Gasteiger charge is -2.29. The van der Waals surface area contributed by atoms with E-state index in [0.717, 1.165) is 0 Å². The van der Waals surface area contributed by atoms with Crippen molar-refractivity contribution in [1.82, 2.24) is 9.88 Å². The van der Waals surface area contributed by atoms with Crippen LogP contribution in [0.3, 0.4) is 0 Å². The summed E-state index contributed by atoms with van der Waals surface area (Å²) >= 11 is 0. The van der Waals surface area contributed by atoms with Crippen molar-refractivity contribution in [3.8, 4) is 11.5 Å². The number of ether oxygens (including phenoxy) is 1. The average molecular weight is 390 g/mol. The Kier molecular flexibility index (Phi) is 4.96. The number of hydrogen-bond donors (Lipinski definition) is 4. The van der Waals surface area contributed by atoms with Crippen LogP contribution in [0, 0.1) is 11.7 Å². The molecular weight excluding hydrogens is 367 g/mol. The van der Waals surface area contributed by atoms with E-state index < -0.39 is 29.7 Å². The van der Waals surface area contributed by atoms with Crippen molar-refractivity contribution in [1.29, 1.82) is 0 Å². The maximum atomic E-state index is 13.8. The summed E-state index contributed by atoms with van der Waals surface area (Å²) in [5.41, 5.74) is -0.957. The number of pyridine rings is 1. The van der Waals surface area contributed by atoms with Crippen LogP contribution in [0.2, 0.25) is 0 Å². The minimum absolute atomic E-state index is 0.0185. The molecule has 2 aromatic rings. The van der Waals surface area contributed by atoms with Crippen LogP contribution < -0.4 is 4.74 Å². The van der Waals surface area contributed by atoms with E-state index in [0.29, 0.717) is 18.7 Å². The number of aliphatic hydroxyl groups excluding tert-OH is 2. The molecule has 7 nitrogen and oxygen atoms in total. The highest BCUT2D eigenvalue weighted by Crippen LogP contribution is 2.43. The third-order valence-corrected chi connectivity index (χ3v) is 5.70. The number of aromatic hydroxyl groups is 1. The van der Waals surface area contributed by atoms with Gasteiger partial charge in [-0.05, 0) is 30.7 Å². The summed E-state index contributed by atoms with van der Waals surface area (Å²) in [5, 5.41) is 41.3. The fourth-order valence-corrected chi connectivity index (χ4v) is 4.25. The molecule has 1 aliphatic heterocycles. The Morgan fingerprint density at radius 3 is 2.75 bits per heavy atom. The zero-order chi connectivity index (χ0) is 19.9. The van der Waals surface area contributed by atoms with Gasteiger partial charge in [0.25, 0.3) is 0 Å². The smallest absolute Gasteiger partial charge is 0.165 e. The van der Waals surface area contributed by atoms with Crippen LogP contribution in [-0.4, -0.2) is 67.8 Å². The van der Waals surface area contributed by atoms with Crippen LogP contribution in [0.4, 0.5) is 4.39 Å². The summed E-state index contributed by atoms with van der Waals surface area (Å²) in [5.74, 6) is -0.685. The molecule has 0 radical (unpaired) electrons. The lowest BCUT2D eigenvalue weighted by Crippen LogP contribution is -2.49. The maximum absolute atomic E-state index is 13.8. The minimum Gasteiger partial charge on any atom is -0.506 e.